The lowest BCUT2D eigenvalue weighted by atomic mass is 10.0. The molecule has 0 N–H and O–H groups in total. The summed E-state index contributed by atoms with van der Waals surface area (Å²) in [7, 11) is -5.75. The zero-order valence-corrected chi connectivity index (χ0v) is 14.7. The molecule has 0 bridgehead atoms. The lowest BCUT2D eigenvalue weighted by molar-refractivity contribution is -0.0517. The molecule has 0 aliphatic heterocycles. The van der Waals surface area contributed by atoms with Gasteiger partial charge in [0.25, 0.3) is 0 Å². The number of benzene rings is 2. The van der Waals surface area contributed by atoms with Gasteiger partial charge in [-0.25, -0.2) is 8.42 Å². The molecule has 2 rings (SSSR count). The van der Waals surface area contributed by atoms with Crippen LogP contribution in [0.25, 0.3) is 0 Å². The topological polar surface area (TPSA) is 57.2 Å². The Kier molecular flexibility index (Phi) is 7.31. The van der Waals surface area contributed by atoms with Crippen molar-refractivity contribution in [3.05, 3.63) is 71.8 Å². The summed E-state index contributed by atoms with van der Waals surface area (Å²) in [6, 6.07) is 21.6. The Morgan fingerprint density at radius 3 is 1.38 bits per heavy atom. The van der Waals surface area contributed by atoms with E-state index in [1.165, 1.54) is 11.1 Å². The lowest BCUT2D eigenvalue weighted by Gasteiger charge is -2.14. The quantitative estimate of drug-likeness (QED) is 0.465. The van der Waals surface area contributed by atoms with Gasteiger partial charge in [0.15, 0.2) is 15.4 Å². The van der Waals surface area contributed by atoms with E-state index >= 15 is 0 Å². The first-order valence-corrected chi connectivity index (χ1v) is 10.2. The predicted molar refractivity (Wildman–Crippen MR) is 89.7 cm³/mol. The maximum Gasteiger partial charge on any atom is 0.485 e. The van der Waals surface area contributed by atoms with Crippen molar-refractivity contribution in [3.63, 3.8) is 0 Å². The molecule has 0 fully saturated rings. The summed E-state index contributed by atoms with van der Waals surface area (Å²) in [6.07, 6.45) is 4.62. The van der Waals surface area contributed by atoms with Crippen LogP contribution in [0.15, 0.2) is 60.7 Å². The first-order chi connectivity index (χ1) is 11.0. The third kappa shape index (κ3) is 6.18. The van der Waals surface area contributed by atoms with Gasteiger partial charge in [0.2, 0.25) is 0 Å². The zero-order chi connectivity index (χ0) is 18.4. The SMILES string of the molecule is C[S+](C)C(c1ccccc1)c1ccccc1.O=S(=O)([O-])C(F)(F)F. The van der Waals surface area contributed by atoms with Gasteiger partial charge < -0.3 is 4.55 Å². The van der Waals surface area contributed by atoms with E-state index in [0.717, 1.165) is 0 Å². The number of alkyl halides is 3. The molecular formula is C16H17F3O3S2. The van der Waals surface area contributed by atoms with Crippen molar-refractivity contribution in [2.75, 3.05) is 12.5 Å². The second kappa shape index (κ2) is 8.55. The molecule has 0 spiro atoms. The van der Waals surface area contributed by atoms with E-state index < -0.39 is 15.6 Å². The Balaban J connectivity index is 0.000000307. The summed E-state index contributed by atoms with van der Waals surface area (Å²) in [6.45, 7) is 0. The highest BCUT2D eigenvalue weighted by Crippen LogP contribution is 2.29. The van der Waals surface area contributed by atoms with E-state index in [4.69, 9.17) is 13.0 Å². The van der Waals surface area contributed by atoms with Crippen LogP contribution in [0, 0.1) is 0 Å². The molecule has 132 valence electrons. The molecule has 0 amide bonds. The van der Waals surface area contributed by atoms with Gasteiger partial charge in [0, 0.05) is 11.1 Å². The Bertz CT molecular complexity index is 676. The summed E-state index contributed by atoms with van der Waals surface area (Å²) in [5.74, 6) is 0. The molecule has 0 radical (unpaired) electrons. The van der Waals surface area contributed by atoms with Crippen molar-refractivity contribution in [1.82, 2.24) is 0 Å². The fourth-order valence-corrected chi connectivity index (χ4v) is 3.40. The summed E-state index contributed by atoms with van der Waals surface area (Å²) >= 11 is 0. The molecule has 3 nitrogen and oxygen atoms in total. The highest BCUT2D eigenvalue weighted by atomic mass is 32.2. The molecule has 2 aromatic carbocycles. The number of halogens is 3. The molecule has 0 saturated carbocycles. The number of hydrogen-bond acceptors (Lipinski definition) is 3. The highest BCUT2D eigenvalue weighted by Gasteiger charge is 2.36. The number of hydrogen-bond donors (Lipinski definition) is 0. The molecule has 0 atom stereocenters. The van der Waals surface area contributed by atoms with Crippen molar-refractivity contribution in [2.24, 2.45) is 0 Å². The van der Waals surface area contributed by atoms with Crippen LogP contribution < -0.4 is 0 Å². The van der Waals surface area contributed by atoms with Crippen LogP contribution in [-0.4, -0.2) is 31.0 Å². The summed E-state index contributed by atoms with van der Waals surface area (Å²) < 4.78 is 58.9. The normalized spacial score (nSPS) is 12.0. The van der Waals surface area contributed by atoms with Gasteiger partial charge in [0.05, 0.1) is 12.5 Å². The minimum absolute atomic E-state index is 0.345. The van der Waals surface area contributed by atoms with Crippen LogP contribution in [0.5, 0.6) is 0 Å². The van der Waals surface area contributed by atoms with Gasteiger partial charge in [-0.2, -0.15) is 13.2 Å². The first-order valence-electron chi connectivity index (χ1n) is 6.72. The standard InChI is InChI=1S/C15H17S.CHF3O3S/c1-16(2)15(13-9-5-3-6-10-13)14-11-7-4-8-12-14;2-1(3,4)8(5,6)7/h3-12,15H,1-2H3;(H,5,6,7)/q+1;/p-1. The molecule has 2 aromatic rings. The molecule has 0 aromatic heterocycles. The second-order valence-electron chi connectivity index (χ2n) is 4.98. The fraction of sp³-hybridized carbons (Fsp3) is 0.250. The van der Waals surface area contributed by atoms with Gasteiger partial charge >= 0.3 is 5.51 Å². The van der Waals surface area contributed by atoms with Crippen molar-refractivity contribution in [1.29, 1.82) is 0 Å². The summed E-state index contributed by atoms with van der Waals surface area (Å²) in [5.41, 5.74) is -2.81. The van der Waals surface area contributed by atoms with Gasteiger partial charge in [-0.05, 0) is 10.9 Å². The Labute approximate surface area is 142 Å². The summed E-state index contributed by atoms with van der Waals surface area (Å²) in [4.78, 5) is 0. The van der Waals surface area contributed by atoms with E-state index in [9.17, 15) is 13.2 Å². The van der Waals surface area contributed by atoms with Crippen molar-refractivity contribution < 1.29 is 26.1 Å². The van der Waals surface area contributed by atoms with Crippen molar-refractivity contribution >= 4 is 21.0 Å². The molecule has 0 aliphatic carbocycles. The van der Waals surface area contributed by atoms with E-state index in [1.54, 1.807) is 0 Å². The van der Waals surface area contributed by atoms with E-state index in [-0.39, 0.29) is 0 Å². The molecule has 8 heteroatoms. The average molecular weight is 378 g/mol. The van der Waals surface area contributed by atoms with Crippen LogP contribution in [0.4, 0.5) is 13.2 Å². The van der Waals surface area contributed by atoms with Crippen LogP contribution in [0.1, 0.15) is 16.4 Å². The van der Waals surface area contributed by atoms with Crippen LogP contribution in [-0.2, 0) is 21.0 Å². The smallest absolute Gasteiger partial charge is 0.485 e. The maximum atomic E-state index is 10.7. The number of rotatable bonds is 3. The zero-order valence-electron chi connectivity index (χ0n) is 13.0. The van der Waals surface area contributed by atoms with Gasteiger partial charge in [-0.15, -0.1) is 0 Å². The van der Waals surface area contributed by atoms with Gasteiger partial charge in [-0.1, -0.05) is 60.7 Å². The van der Waals surface area contributed by atoms with Gasteiger partial charge in [0.1, 0.15) is 0 Å². The van der Waals surface area contributed by atoms with E-state index in [2.05, 4.69) is 73.2 Å². The minimum Gasteiger partial charge on any atom is -0.741 e. The molecule has 24 heavy (non-hydrogen) atoms. The second-order valence-corrected chi connectivity index (χ2v) is 8.58. The Morgan fingerprint density at radius 1 is 0.875 bits per heavy atom. The monoisotopic (exact) mass is 378 g/mol. The van der Waals surface area contributed by atoms with Gasteiger partial charge in [-0.3, -0.25) is 0 Å². The summed E-state index contributed by atoms with van der Waals surface area (Å²) in [5, 5.41) is 0.530. The van der Waals surface area contributed by atoms with Crippen LogP contribution in [0.3, 0.4) is 0 Å². The van der Waals surface area contributed by atoms with Crippen LogP contribution >= 0.6 is 0 Å². The molecular weight excluding hydrogens is 361 g/mol. The van der Waals surface area contributed by atoms with E-state index in [0.29, 0.717) is 16.1 Å². The minimum atomic E-state index is -6.09. The Morgan fingerprint density at radius 2 is 1.17 bits per heavy atom. The maximum absolute atomic E-state index is 10.7. The fourth-order valence-electron chi connectivity index (χ4n) is 1.99. The molecule has 0 saturated heterocycles. The first kappa shape index (κ1) is 20.5. The molecule has 0 heterocycles. The van der Waals surface area contributed by atoms with Crippen molar-refractivity contribution in [2.45, 2.75) is 10.8 Å². The van der Waals surface area contributed by atoms with Crippen molar-refractivity contribution in [3.8, 4) is 0 Å². The Hall–Kier alpha value is -1.51. The predicted octanol–water partition coefficient (Wildman–Crippen LogP) is 3.71. The lowest BCUT2D eigenvalue weighted by Crippen LogP contribution is -2.21. The highest BCUT2D eigenvalue weighted by molar-refractivity contribution is 7.95. The molecule has 0 aliphatic rings. The van der Waals surface area contributed by atoms with Crippen LogP contribution in [0.2, 0.25) is 0 Å². The van der Waals surface area contributed by atoms with E-state index in [1.807, 2.05) is 0 Å². The largest absolute Gasteiger partial charge is 0.741 e. The third-order valence-electron chi connectivity index (χ3n) is 2.96. The third-order valence-corrected chi connectivity index (χ3v) is 5.01. The average Bonchev–Trinajstić information content (AvgIpc) is 2.48. The molecule has 0 unspecified atom stereocenters.